The molecule has 2 rings (SSSR count). The standard InChI is InChI=1S/C18H19NO4/c1-12(2)13-3-7-15(8-4-13)19-17(21)11-23-18(22)14-5-9-16(20)10-6-14/h3-10,12,20H,11H2,1-2H3,(H,19,21). The molecule has 0 spiro atoms. The molecule has 120 valence electrons. The Kier molecular flexibility index (Phi) is 5.36. The molecule has 0 heterocycles. The molecule has 0 saturated heterocycles. The van der Waals surface area contributed by atoms with E-state index in [9.17, 15) is 9.59 Å². The number of benzene rings is 2. The van der Waals surface area contributed by atoms with E-state index in [1.165, 1.54) is 29.8 Å². The molecule has 0 aromatic heterocycles. The van der Waals surface area contributed by atoms with E-state index < -0.39 is 11.9 Å². The Balaban J connectivity index is 1.85. The molecule has 1 amide bonds. The third kappa shape index (κ3) is 4.85. The highest BCUT2D eigenvalue weighted by Crippen LogP contribution is 2.17. The number of aromatic hydroxyl groups is 1. The number of anilines is 1. The van der Waals surface area contributed by atoms with Gasteiger partial charge < -0.3 is 15.2 Å². The number of ether oxygens (including phenoxy) is 1. The Morgan fingerprint density at radius 3 is 2.22 bits per heavy atom. The SMILES string of the molecule is CC(C)c1ccc(NC(=O)COC(=O)c2ccc(O)cc2)cc1. The van der Waals surface area contributed by atoms with Crippen molar-refractivity contribution in [2.75, 3.05) is 11.9 Å². The highest BCUT2D eigenvalue weighted by atomic mass is 16.5. The van der Waals surface area contributed by atoms with Crippen LogP contribution in [0.1, 0.15) is 35.7 Å². The first-order chi connectivity index (χ1) is 11.0. The summed E-state index contributed by atoms with van der Waals surface area (Å²) in [5.74, 6) is -0.542. The Morgan fingerprint density at radius 1 is 1.04 bits per heavy atom. The van der Waals surface area contributed by atoms with Gasteiger partial charge in [0.05, 0.1) is 5.56 Å². The maximum atomic E-state index is 11.8. The molecule has 0 radical (unpaired) electrons. The van der Waals surface area contributed by atoms with Crippen molar-refractivity contribution in [2.24, 2.45) is 0 Å². The average Bonchev–Trinajstić information content (AvgIpc) is 2.54. The summed E-state index contributed by atoms with van der Waals surface area (Å²) >= 11 is 0. The van der Waals surface area contributed by atoms with E-state index in [0.717, 1.165) is 0 Å². The van der Waals surface area contributed by atoms with Crippen LogP contribution in [0.25, 0.3) is 0 Å². The lowest BCUT2D eigenvalue weighted by Gasteiger charge is -2.09. The fraction of sp³-hybridized carbons (Fsp3) is 0.222. The average molecular weight is 313 g/mol. The van der Waals surface area contributed by atoms with Crippen LogP contribution in [0.3, 0.4) is 0 Å². The molecule has 0 bridgehead atoms. The molecule has 0 aliphatic rings. The van der Waals surface area contributed by atoms with Crippen LogP contribution in [0.2, 0.25) is 0 Å². The number of carbonyl (C=O) groups excluding carboxylic acids is 2. The molecule has 5 heteroatoms. The van der Waals surface area contributed by atoms with E-state index in [1.807, 2.05) is 24.3 Å². The van der Waals surface area contributed by atoms with Crippen molar-refractivity contribution in [1.29, 1.82) is 0 Å². The van der Waals surface area contributed by atoms with Gasteiger partial charge in [-0.05, 0) is 47.9 Å². The summed E-state index contributed by atoms with van der Waals surface area (Å²) < 4.78 is 4.93. The van der Waals surface area contributed by atoms with Gasteiger partial charge >= 0.3 is 5.97 Å². The quantitative estimate of drug-likeness (QED) is 0.830. The van der Waals surface area contributed by atoms with E-state index in [2.05, 4.69) is 19.2 Å². The topological polar surface area (TPSA) is 75.6 Å². The van der Waals surface area contributed by atoms with Gasteiger partial charge in [-0.25, -0.2) is 4.79 Å². The zero-order chi connectivity index (χ0) is 16.8. The fourth-order valence-electron chi connectivity index (χ4n) is 1.96. The number of esters is 1. The summed E-state index contributed by atoms with van der Waals surface area (Å²) in [5, 5.41) is 11.8. The number of phenolic OH excluding ortho intramolecular Hbond substituents is 1. The number of amides is 1. The Morgan fingerprint density at radius 2 is 1.65 bits per heavy atom. The van der Waals surface area contributed by atoms with Gasteiger partial charge in [0.25, 0.3) is 5.91 Å². The van der Waals surface area contributed by atoms with Gasteiger partial charge in [0.15, 0.2) is 6.61 Å². The predicted octanol–water partition coefficient (Wildman–Crippen LogP) is 3.31. The Bertz CT molecular complexity index is 675. The van der Waals surface area contributed by atoms with Crippen LogP contribution in [0, 0.1) is 0 Å². The van der Waals surface area contributed by atoms with Crippen LogP contribution in [0.15, 0.2) is 48.5 Å². The first kappa shape index (κ1) is 16.5. The summed E-state index contributed by atoms with van der Waals surface area (Å²) in [4.78, 5) is 23.5. The van der Waals surface area contributed by atoms with Gasteiger partial charge in [0.1, 0.15) is 5.75 Å². The smallest absolute Gasteiger partial charge is 0.338 e. The van der Waals surface area contributed by atoms with Crippen LogP contribution in [-0.2, 0) is 9.53 Å². The lowest BCUT2D eigenvalue weighted by Crippen LogP contribution is -2.20. The summed E-state index contributed by atoms with van der Waals surface area (Å²) in [6, 6.07) is 13.1. The first-order valence-corrected chi connectivity index (χ1v) is 7.31. The van der Waals surface area contributed by atoms with Crippen molar-refractivity contribution in [3.8, 4) is 5.75 Å². The zero-order valence-corrected chi connectivity index (χ0v) is 13.1. The molecular weight excluding hydrogens is 294 g/mol. The molecular formula is C18H19NO4. The van der Waals surface area contributed by atoms with Gasteiger partial charge in [0, 0.05) is 5.69 Å². The fourth-order valence-corrected chi connectivity index (χ4v) is 1.96. The second kappa shape index (κ2) is 7.45. The lowest BCUT2D eigenvalue weighted by atomic mass is 10.0. The minimum Gasteiger partial charge on any atom is -0.508 e. The van der Waals surface area contributed by atoms with E-state index in [1.54, 1.807) is 0 Å². The third-order valence-electron chi connectivity index (χ3n) is 3.30. The van der Waals surface area contributed by atoms with Gasteiger partial charge in [0.2, 0.25) is 0 Å². The molecule has 0 unspecified atom stereocenters. The van der Waals surface area contributed by atoms with Gasteiger partial charge in [-0.15, -0.1) is 0 Å². The molecule has 0 saturated carbocycles. The minimum absolute atomic E-state index is 0.0594. The van der Waals surface area contributed by atoms with E-state index >= 15 is 0 Å². The second-order valence-electron chi connectivity index (χ2n) is 5.45. The number of hydrogen-bond acceptors (Lipinski definition) is 4. The maximum absolute atomic E-state index is 11.8. The van der Waals surface area contributed by atoms with Crippen LogP contribution < -0.4 is 5.32 Å². The van der Waals surface area contributed by atoms with Crippen molar-refractivity contribution in [3.05, 3.63) is 59.7 Å². The molecule has 2 aromatic carbocycles. The van der Waals surface area contributed by atoms with Crippen molar-refractivity contribution in [1.82, 2.24) is 0 Å². The second-order valence-corrected chi connectivity index (χ2v) is 5.45. The minimum atomic E-state index is -0.615. The molecule has 0 fully saturated rings. The monoisotopic (exact) mass is 313 g/mol. The number of nitrogens with one attached hydrogen (secondary N) is 1. The molecule has 23 heavy (non-hydrogen) atoms. The zero-order valence-electron chi connectivity index (χ0n) is 13.1. The summed E-state index contributed by atoms with van der Waals surface area (Å²) in [7, 11) is 0. The molecule has 0 atom stereocenters. The van der Waals surface area contributed by atoms with Crippen molar-refractivity contribution >= 4 is 17.6 Å². The Labute approximate surface area is 134 Å². The van der Waals surface area contributed by atoms with E-state index in [0.29, 0.717) is 11.6 Å². The van der Waals surface area contributed by atoms with Crippen LogP contribution >= 0.6 is 0 Å². The third-order valence-corrected chi connectivity index (χ3v) is 3.30. The Hall–Kier alpha value is -2.82. The lowest BCUT2D eigenvalue weighted by molar-refractivity contribution is -0.119. The summed E-state index contributed by atoms with van der Waals surface area (Å²) in [6.45, 7) is 3.82. The largest absolute Gasteiger partial charge is 0.508 e. The van der Waals surface area contributed by atoms with Gasteiger partial charge in [-0.3, -0.25) is 4.79 Å². The highest BCUT2D eigenvalue weighted by Gasteiger charge is 2.10. The molecule has 2 aromatic rings. The number of carbonyl (C=O) groups is 2. The number of hydrogen-bond donors (Lipinski definition) is 2. The molecule has 0 aliphatic carbocycles. The summed E-state index contributed by atoms with van der Waals surface area (Å²) in [5.41, 5.74) is 2.11. The van der Waals surface area contributed by atoms with Crippen molar-refractivity contribution in [2.45, 2.75) is 19.8 Å². The molecule has 0 aliphatic heterocycles. The number of phenols is 1. The van der Waals surface area contributed by atoms with Crippen LogP contribution in [0.4, 0.5) is 5.69 Å². The van der Waals surface area contributed by atoms with Crippen LogP contribution in [-0.4, -0.2) is 23.6 Å². The summed E-state index contributed by atoms with van der Waals surface area (Å²) in [6.07, 6.45) is 0. The number of rotatable bonds is 5. The van der Waals surface area contributed by atoms with Crippen molar-refractivity contribution < 1.29 is 19.4 Å². The maximum Gasteiger partial charge on any atom is 0.338 e. The van der Waals surface area contributed by atoms with Crippen LogP contribution in [0.5, 0.6) is 5.75 Å². The van der Waals surface area contributed by atoms with Gasteiger partial charge in [-0.2, -0.15) is 0 Å². The predicted molar refractivity (Wildman–Crippen MR) is 87.6 cm³/mol. The first-order valence-electron chi connectivity index (χ1n) is 7.31. The van der Waals surface area contributed by atoms with Crippen molar-refractivity contribution in [3.63, 3.8) is 0 Å². The highest BCUT2D eigenvalue weighted by molar-refractivity contribution is 5.95. The van der Waals surface area contributed by atoms with Gasteiger partial charge in [-0.1, -0.05) is 26.0 Å². The molecule has 2 N–H and O–H groups in total. The molecule has 5 nitrogen and oxygen atoms in total. The van der Waals surface area contributed by atoms with E-state index in [4.69, 9.17) is 9.84 Å². The van der Waals surface area contributed by atoms with E-state index in [-0.39, 0.29) is 17.9 Å². The normalized spacial score (nSPS) is 10.4.